The predicted octanol–water partition coefficient (Wildman–Crippen LogP) is 1.18. The molecule has 0 unspecified atom stereocenters. The second kappa shape index (κ2) is 3.61. The number of nitrogens with one attached hydrogen (secondary N) is 1. The van der Waals surface area contributed by atoms with Gasteiger partial charge in [-0.3, -0.25) is 9.89 Å². The first-order valence-corrected chi connectivity index (χ1v) is 4.26. The molecule has 1 amide bonds. The lowest BCUT2D eigenvalue weighted by atomic mass is 10.2. The first kappa shape index (κ1) is 11.2. The van der Waals surface area contributed by atoms with Crippen molar-refractivity contribution in [2.45, 2.75) is 6.18 Å². The molecule has 9 heteroatoms. The van der Waals surface area contributed by atoms with Gasteiger partial charge in [0.15, 0.2) is 11.4 Å². The van der Waals surface area contributed by atoms with Gasteiger partial charge in [-0.25, -0.2) is 4.98 Å². The number of nitrogens with two attached hydrogens (primary N) is 1. The second-order valence-corrected chi connectivity index (χ2v) is 3.05. The summed E-state index contributed by atoms with van der Waals surface area (Å²) in [6.07, 6.45) is -2.79. The molecule has 0 fully saturated rings. The number of H-pyrrole nitrogens is 1. The number of carbonyl (C=O) groups excluding carboxylic acids is 1. The molecule has 2 aromatic heterocycles. The van der Waals surface area contributed by atoms with E-state index < -0.39 is 17.8 Å². The zero-order chi connectivity index (χ0) is 12.6. The Balaban J connectivity index is 2.47. The molecule has 17 heavy (non-hydrogen) atoms. The number of primary amides is 1. The van der Waals surface area contributed by atoms with E-state index in [1.54, 1.807) is 0 Å². The summed E-state index contributed by atoms with van der Waals surface area (Å²) in [5, 5.41) is 5.11. The fourth-order valence-corrected chi connectivity index (χ4v) is 1.18. The Bertz CT molecular complexity index is 557. The van der Waals surface area contributed by atoms with Gasteiger partial charge < -0.3 is 10.2 Å². The van der Waals surface area contributed by atoms with Crippen molar-refractivity contribution in [1.82, 2.24) is 15.2 Å². The van der Waals surface area contributed by atoms with Gasteiger partial charge in [0, 0.05) is 6.20 Å². The number of amides is 1. The van der Waals surface area contributed by atoms with E-state index in [1.165, 1.54) is 0 Å². The summed E-state index contributed by atoms with van der Waals surface area (Å²) in [7, 11) is 0. The van der Waals surface area contributed by atoms with Crippen LogP contribution in [0.2, 0.25) is 0 Å². The third-order valence-electron chi connectivity index (χ3n) is 1.90. The Hall–Kier alpha value is -2.32. The van der Waals surface area contributed by atoms with Gasteiger partial charge >= 0.3 is 6.18 Å². The minimum Gasteiger partial charge on any atom is -0.443 e. The van der Waals surface area contributed by atoms with Crippen LogP contribution in [0.25, 0.3) is 11.5 Å². The van der Waals surface area contributed by atoms with Crippen LogP contribution in [0.5, 0.6) is 0 Å². The number of hydrogen-bond donors (Lipinski definition) is 2. The van der Waals surface area contributed by atoms with Crippen molar-refractivity contribution in [3.8, 4) is 11.5 Å². The number of alkyl halides is 3. The second-order valence-electron chi connectivity index (χ2n) is 3.05. The third-order valence-corrected chi connectivity index (χ3v) is 1.90. The van der Waals surface area contributed by atoms with Crippen molar-refractivity contribution in [2.75, 3.05) is 0 Å². The molecular weight excluding hydrogens is 241 g/mol. The van der Waals surface area contributed by atoms with Crippen LogP contribution in [0.3, 0.4) is 0 Å². The molecule has 0 aromatic carbocycles. The third kappa shape index (κ3) is 1.98. The zero-order valence-electron chi connectivity index (χ0n) is 8.08. The van der Waals surface area contributed by atoms with E-state index in [9.17, 15) is 18.0 Å². The number of aromatic amines is 1. The summed E-state index contributed by atoms with van der Waals surface area (Å²) < 4.78 is 42.2. The molecule has 2 rings (SSSR count). The van der Waals surface area contributed by atoms with E-state index in [2.05, 4.69) is 15.2 Å². The van der Waals surface area contributed by atoms with Gasteiger partial charge in [-0.1, -0.05) is 0 Å². The molecule has 2 aromatic rings. The highest BCUT2D eigenvalue weighted by Gasteiger charge is 2.38. The normalized spacial score (nSPS) is 11.7. The van der Waals surface area contributed by atoms with E-state index in [0.29, 0.717) is 0 Å². The van der Waals surface area contributed by atoms with Gasteiger partial charge in [-0.2, -0.15) is 18.3 Å². The highest BCUT2D eigenvalue weighted by molar-refractivity contribution is 5.90. The van der Waals surface area contributed by atoms with E-state index >= 15 is 0 Å². The van der Waals surface area contributed by atoms with Gasteiger partial charge in [0.2, 0.25) is 5.89 Å². The molecule has 0 aliphatic heterocycles. The standard InChI is InChI=1S/C8H5F3N4O2/c9-8(10,11)5-3(1-13-15-5)7-14-4(2-17-7)6(12)16/h1-2H,(H2,12,16)(H,13,15). The monoisotopic (exact) mass is 246 g/mol. The van der Waals surface area contributed by atoms with Crippen LogP contribution < -0.4 is 5.73 Å². The van der Waals surface area contributed by atoms with Crippen molar-refractivity contribution in [2.24, 2.45) is 5.73 Å². The van der Waals surface area contributed by atoms with Crippen LogP contribution in [-0.4, -0.2) is 21.1 Å². The maximum Gasteiger partial charge on any atom is 0.435 e. The minimum atomic E-state index is -4.64. The number of rotatable bonds is 2. The topological polar surface area (TPSA) is 97.8 Å². The molecule has 0 spiro atoms. The van der Waals surface area contributed by atoms with Crippen LogP contribution in [-0.2, 0) is 6.18 Å². The summed E-state index contributed by atoms with van der Waals surface area (Å²) in [6, 6.07) is 0. The number of nitrogens with zero attached hydrogens (tertiary/aromatic N) is 2. The van der Waals surface area contributed by atoms with Crippen LogP contribution in [0.1, 0.15) is 16.2 Å². The molecule has 0 aliphatic carbocycles. The maximum atomic E-state index is 12.5. The molecule has 90 valence electrons. The van der Waals surface area contributed by atoms with Crippen molar-refractivity contribution >= 4 is 5.91 Å². The highest BCUT2D eigenvalue weighted by atomic mass is 19.4. The van der Waals surface area contributed by atoms with Gasteiger partial charge in [-0.15, -0.1) is 0 Å². The number of oxazole rings is 1. The van der Waals surface area contributed by atoms with Crippen molar-refractivity contribution in [3.63, 3.8) is 0 Å². The Morgan fingerprint density at radius 2 is 2.18 bits per heavy atom. The summed E-state index contributed by atoms with van der Waals surface area (Å²) in [6.45, 7) is 0. The van der Waals surface area contributed by atoms with E-state index in [-0.39, 0.29) is 17.1 Å². The molecule has 0 aliphatic rings. The van der Waals surface area contributed by atoms with Crippen LogP contribution in [0, 0.1) is 0 Å². The first-order chi connectivity index (χ1) is 7.89. The number of hydrogen-bond acceptors (Lipinski definition) is 4. The van der Waals surface area contributed by atoms with Gasteiger partial charge in [0.1, 0.15) is 6.26 Å². The molecular formula is C8H5F3N4O2. The highest BCUT2D eigenvalue weighted by Crippen LogP contribution is 2.34. The summed E-state index contributed by atoms with van der Waals surface area (Å²) in [5.74, 6) is -1.27. The Morgan fingerprint density at radius 3 is 2.71 bits per heavy atom. The maximum absolute atomic E-state index is 12.5. The molecule has 0 radical (unpaired) electrons. The molecule has 0 bridgehead atoms. The van der Waals surface area contributed by atoms with E-state index in [4.69, 9.17) is 10.2 Å². The Labute approximate surface area is 91.6 Å². The SMILES string of the molecule is NC(=O)c1coc(-c2c[nH]nc2C(F)(F)F)n1. The van der Waals surface area contributed by atoms with Crippen LogP contribution in [0.4, 0.5) is 13.2 Å². The molecule has 0 saturated carbocycles. The Morgan fingerprint density at radius 1 is 1.47 bits per heavy atom. The smallest absolute Gasteiger partial charge is 0.435 e. The van der Waals surface area contributed by atoms with Gasteiger partial charge in [0.25, 0.3) is 5.91 Å². The van der Waals surface area contributed by atoms with Gasteiger partial charge in [0.05, 0.1) is 5.56 Å². The lowest BCUT2D eigenvalue weighted by molar-refractivity contribution is -0.140. The average molecular weight is 246 g/mol. The lowest BCUT2D eigenvalue weighted by Gasteiger charge is -2.02. The van der Waals surface area contributed by atoms with E-state index in [1.807, 2.05) is 0 Å². The lowest BCUT2D eigenvalue weighted by Crippen LogP contribution is -2.11. The zero-order valence-corrected chi connectivity index (χ0v) is 8.08. The molecule has 3 N–H and O–H groups in total. The molecule has 0 atom stereocenters. The predicted molar refractivity (Wildman–Crippen MR) is 47.6 cm³/mol. The van der Waals surface area contributed by atoms with Crippen LogP contribution >= 0.6 is 0 Å². The summed E-state index contributed by atoms with van der Waals surface area (Å²) >= 11 is 0. The average Bonchev–Trinajstić information content (AvgIpc) is 2.85. The quantitative estimate of drug-likeness (QED) is 0.831. The summed E-state index contributed by atoms with van der Waals surface area (Å²) in [4.78, 5) is 14.2. The number of carbonyl (C=O) groups is 1. The molecule has 2 heterocycles. The van der Waals surface area contributed by atoms with Crippen molar-refractivity contribution in [3.05, 3.63) is 23.8 Å². The minimum absolute atomic E-state index is 0.255. The van der Waals surface area contributed by atoms with Crippen molar-refractivity contribution in [1.29, 1.82) is 0 Å². The fourth-order valence-electron chi connectivity index (χ4n) is 1.18. The Kier molecular flexibility index (Phi) is 2.37. The fraction of sp³-hybridized carbons (Fsp3) is 0.125. The first-order valence-electron chi connectivity index (χ1n) is 4.26. The number of aromatic nitrogens is 3. The van der Waals surface area contributed by atoms with Crippen molar-refractivity contribution < 1.29 is 22.4 Å². The molecule has 0 saturated heterocycles. The van der Waals surface area contributed by atoms with Gasteiger partial charge in [-0.05, 0) is 0 Å². The summed E-state index contributed by atoms with van der Waals surface area (Å²) in [5.41, 5.74) is 3.09. The van der Waals surface area contributed by atoms with E-state index in [0.717, 1.165) is 12.5 Å². The largest absolute Gasteiger partial charge is 0.443 e. The molecule has 6 nitrogen and oxygen atoms in total. The van der Waals surface area contributed by atoms with Crippen LogP contribution in [0.15, 0.2) is 16.9 Å². The number of halogens is 3.